The topological polar surface area (TPSA) is 52.9 Å². The molecule has 1 amide bonds. The van der Waals surface area contributed by atoms with Crippen LogP contribution >= 0.6 is 0 Å². The number of likely N-dealkylation sites (tertiary alicyclic amines) is 1. The summed E-state index contributed by atoms with van der Waals surface area (Å²) in [6.07, 6.45) is 2.51. The summed E-state index contributed by atoms with van der Waals surface area (Å²) >= 11 is 0. The number of ether oxygens (including phenoxy) is 3. The summed E-state index contributed by atoms with van der Waals surface area (Å²) in [6, 6.07) is 8.05. The number of benzene rings is 1. The molecular weight excluding hydrogens is 332 g/mol. The molecule has 2 aromatic rings. The lowest BCUT2D eigenvalue weighted by Gasteiger charge is -2.37. The van der Waals surface area contributed by atoms with Crippen molar-refractivity contribution in [3.8, 4) is 5.75 Å². The molecule has 6 heteroatoms. The van der Waals surface area contributed by atoms with Gasteiger partial charge in [-0.15, -0.1) is 0 Å². The quantitative estimate of drug-likeness (QED) is 0.830. The van der Waals surface area contributed by atoms with E-state index in [9.17, 15) is 4.79 Å². The number of rotatable bonds is 2. The van der Waals surface area contributed by atoms with Crippen molar-refractivity contribution in [2.75, 3.05) is 26.3 Å². The number of aromatic nitrogens is 1. The molecule has 1 aromatic carbocycles. The van der Waals surface area contributed by atoms with Crippen LogP contribution in [-0.2, 0) is 16.0 Å². The van der Waals surface area contributed by atoms with E-state index in [2.05, 4.69) is 11.5 Å². The highest BCUT2D eigenvalue weighted by atomic mass is 16.7. The minimum atomic E-state index is -0.455. The highest BCUT2D eigenvalue weighted by Crippen LogP contribution is 2.36. The Bertz CT molecular complexity index is 843. The fraction of sp³-hybridized carbons (Fsp3) is 0.550. The van der Waals surface area contributed by atoms with Gasteiger partial charge in [0.25, 0.3) is 5.91 Å². The zero-order chi connectivity index (χ0) is 17.7. The third-order valence-electron chi connectivity index (χ3n) is 5.86. The Morgan fingerprint density at radius 1 is 1.23 bits per heavy atom. The number of hydrogen-bond donors (Lipinski definition) is 0. The Morgan fingerprint density at radius 2 is 2.00 bits per heavy atom. The number of piperidine rings is 1. The van der Waals surface area contributed by atoms with Gasteiger partial charge in [-0.05, 0) is 18.6 Å². The molecule has 4 heterocycles. The lowest BCUT2D eigenvalue weighted by Crippen LogP contribution is -2.47. The zero-order valence-corrected chi connectivity index (χ0v) is 15.1. The first-order valence-electron chi connectivity index (χ1n) is 9.55. The lowest BCUT2D eigenvalue weighted by atomic mass is 10.0. The maximum absolute atomic E-state index is 13.3. The molecule has 138 valence electrons. The zero-order valence-electron chi connectivity index (χ0n) is 15.1. The van der Waals surface area contributed by atoms with Crippen LogP contribution in [0.5, 0.6) is 5.75 Å². The molecule has 3 aliphatic heterocycles. The van der Waals surface area contributed by atoms with E-state index in [4.69, 9.17) is 14.2 Å². The highest BCUT2D eigenvalue weighted by molar-refractivity contribution is 6.00. The van der Waals surface area contributed by atoms with Crippen molar-refractivity contribution in [2.24, 2.45) is 0 Å². The second-order valence-electron chi connectivity index (χ2n) is 7.38. The lowest BCUT2D eigenvalue weighted by molar-refractivity contribution is -0.181. The van der Waals surface area contributed by atoms with Crippen LogP contribution in [0, 0.1) is 0 Å². The summed E-state index contributed by atoms with van der Waals surface area (Å²) in [5, 5.41) is 1.07. The number of nitrogens with zero attached hydrogens (tertiary/aromatic N) is 2. The van der Waals surface area contributed by atoms with E-state index in [1.807, 2.05) is 29.2 Å². The minimum Gasteiger partial charge on any atom is -0.486 e. The Morgan fingerprint density at radius 3 is 2.73 bits per heavy atom. The first kappa shape index (κ1) is 16.1. The van der Waals surface area contributed by atoms with Gasteiger partial charge in [-0.3, -0.25) is 4.79 Å². The monoisotopic (exact) mass is 356 g/mol. The predicted octanol–water partition coefficient (Wildman–Crippen LogP) is 2.79. The predicted molar refractivity (Wildman–Crippen MR) is 96.4 cm³/mol. The molecule has 3 aliphatic rings. The van der Waals surface area contributed by atoms with Gasteiger partial charge < -0.3 is 23.7 Å². The van der Waals surface area contributed by atoms with Crippen LogP contribution in [0.2, 0.25) is 0 Å². The maximum Gasteiger partial charge on any atom is 0.270 e. The molecule has 1 atom stereocenters. The van der Waals surface area contributed by atoms with Crippen molar-refractivity contribution >= 4 is 16.8 Å². The van der Waals surface area contributed by atoms with Crippen LogP contribution in [0.15, 0.2) is 24.3 Å². The summed E-state index contributed by atoms with van der Waals surface area (Å²) < 4.78 is 19.8. The third-order valence-corrected chi connectivity index (χ3v) is 5.86. The van der Waals surface area contributed by atoms with Crippen LogP contribution in [0.1, 0.15) is 36.7 Å². The van der Waals surface area contributed by atoms with Crippen molar-refractivity contribution in [1.29, 1.82) is 0 Å². The van der Waals surface area contributed by atoms with E-state index in [1.165, 1.54) is 0 Å². The fourth-order valence-corrected chi connectivity index (χ4v) is 4.38. The third kappa shape index (κ3) is 2.43. The number of carbonyl (C=O) groups excluding carboxylic acids is 1. The van der Waals surface area contributed by atoms with Gasteiger partial charge in [0.1, 0.15) is 17.5 Å². The van der Waals surface area contributed by atoms with E-state index in [-0.39, 0.29) is 12.0 Å². The molecule has 6 nitrogen and oxygen atoms in total. The Kier molecular flexibility index (Phi) is 3.72. The van der Waals surface area contributed by atoms with Gasteiger partial charge in [0.15, 0.2) is 5.79 Å². The van der Waals surface area contributed by atoms with Gasteiger partial charge in [-0.1, -0.05) is 19.1 Å². The summed E-state index contributed by atoms with van der Waals surface area (Å²) in [7, 11) is 0. The first-order valence-corrected chi connectivity index (χ1v) is 9.55. The fourth-order valence-electron chi connectivity index (χ4n) is 4.38. The van der Waals surface area contributed by atoms with Gasteiger partial charge in [-0.25, -0.2) is 0 Å². The first-order chi connectivity index (χ1) is 12.7. The van der Waals surface area contributed by atoms with Gasteiger partial charge in [0, 0.05) is 31.3 Å². The van der Waals surface area contributed by atoms with Gasteiger partial charge >= 0.3 is 0 Å². The minimum absolute atomic E-state index is 0.0942. The number of hydrogen-bond acceptors (Lipinski definition) is 4. The molecule has 0 saturated carbocycles. The number of para-hydroxylation sites is 1. The van der Waals surface area contributed by atoms with E-state index >= 15 is 0 Å². The van der Waals surface area contributed by atoms with Gasteiger partial charge in [0.2, 0.25) is 0 Å². The van der Waals surface area contributed by atoms with Crippen molar-refractivity contribution in [2.45, 2.75) is 44.6 Å². The molecular formula is C20H24N2O4. The molecule has 2 saturated heterocycles. The molecule has 5 rings (SSSR count). The van der Waals surface area contributed by atoms with Crippen LogP contribution < -0.4 is 4.74 Å². The number of amides is 1. The standard InChI is InChI=1S/C20H24N2O4/c1-2-15-13-22-16(12-14-4-3-5-17(26-15)18(14)22)19(23)21-8-6-20(7-9-21)24-10-11-25-20/h3-5,12,15H,2,6-11,13H2,1H3/t15-/m1/s1. The molecule has 0 N–H and O–H groups in total. The van der Waals surface area contributed by atoms with Crippen molar-refractivity contribution in [1.82, 2.24) is 9.47 Å². The summed E-state index contributed by atoms with van der Waals surface area (Å²) in [6.45, 7) is 5.49. The van der Waals surface area contributed by atoms with Gasteiger partial charge in [0.05, 0.1) is 25.3 Å². The summed E-state index contributed by atoms with van der Waals surface area (Å²) in [5.74, 6) is 0.519. The second-order valence-corrected chi connectivity index (χ2v) is 7.38. The normalized spacial score (nSPS) is 24.2. The Balaban J connectivity index is 1.45. The van der Waals surface area contributed by atoms with E-state index < -0.39 is 5.79 Å². The van der Waals surface area contributed by atoms with Crippen molar-refractivity contribution in [3.63, 3.8) is 0 Å². The highest BCUT2D eigenvalue weighted by Gasteiger charge is 2.41. The largest absolute Gasteiger partial charge is 0.486 e. The molecule has 1 aromatic heterocycles. The van der Waals surface area contributed by atoms with Crippen LogP contribution in [0.25, 0.3) is 10.9 Å². The van der Waals surface area contributed by atoms with Crippen molar-refractivity contribution in [3.05, 3.63) is 30.0 Å². The Hall–Kier alpha value is -2.05. The molecule has 0 bridgehead atoms. The van der Waals surface area contributed by atoms with E-state index in [0.717, 1.165) is 48.2 Å². The SMILES string of the molecule is CC[C@@H]1Cn2c(C(=O)N3CCC4(CC3)OCCO4)cc3cccc(c32)O1. The summed E-state index contributed by atoms with van der Waals surface area (Å²) in [4.78, 5) is 15.2. The molecule has 2 fully saturated rings. The molecule has 0 unspecified atom stereocenters. The second kappa shape index (κ2) is 5.99. The van der Waals surface area contributed by atoms with Crippen LogP contribution in [-0.4, -0.2) is 53.6 Å². The molecule has 0 radical (unpaired) electrons. The molecule has 1 spiro atoms. The molecule has 26 heavy (non-hydrogen) atoms. The Labute approximate surface area is 152 Å². The van der Waals surface area contributed by atoms with E-state index in [1.54, 1.807) is 0 Å². The average molecular weight is 356 g/mol. The van der Waals surface area contributed by atoms with Crippen molar-refractivity contribution < 1.29 is 19.0 Å². The smallest absolute Gasteiger partial charge is 0.270 e. The maximum atomic E-state index is 13.3. The van der Waals surface area contributed by atoms with Crippen LogP contribution in [0.3, 0.4) is 0 Å². The van der Waals surface area contributed by atoms with E-state index in [0.29, 0.717) is 26.3 Å². The average Bonchev–Trinajstić information content (AvgIpc) is 3.28. The van der Waals surface area contributed by atoms with Crippen LogP contribution in [0.4, 0.5) is 0 Å². The number of carbonyl (C=O) groups is 1. The molecule has 0 aliphatic carbocycles. The summed E-state index contributed by atoms with van der Waals surface area (Å²) in [5.41, 5.74) is 1.80. The van der Waals surface area contributed by atoms with Gasteiger partial charge in [-0.2, -0.15) is 0 Å².